The molecule has 0 aliphatic carbocycles. The highest BCUT2D eigenvalue weighted by Crippen LogP contribution is 2.29. The number of likely N-dealkylation sites (N-methyl/N-ethyl adjacent to an activating group) is 1. The van der Waals surface area contributed by atoms with Crippen molar-refractivity contribution in [3.05, 3.63) is 59.7 Å². The van der Waals surface area contributed by atoms with Gasteiger partial charge in [0.05, 0.1) is 16.3 Å². The Morgan fingerprint density at radius 3 is 2.37 bits per heavy atom. The van der Waals surface area contributed by atoms with Crippen molar-refractivity contribution >= 4 is 31.6 Å². The fourth-order valence-corrected chi connectivity index (χ4v) is 6.17. The van der Waals surface area contributed by atoms with E-state index in [1.165, 1.54) is 18.2 Å². The first-order chi connectivity index (χ1) is 14.0. The predicted octanol–water partition coefficient (Wildman–Crippen LogP) is 1.64. The Kier molecular flexibility index (Phi) is 6.32. The Labute approximate surface area is 177 Å². The fraction of sp³-hybridized carbons (Fsp3) is 0.350. The molecule has 1 unspecified atom stereocenters. The number of rotatable bonds is 7. The number of benzene rings is 2. The number of hydrogen-bond donors (Lipinski definition) is 1. The van der Waals surface area contributed by atoms with Gasteiger partial charge in [0.1, 0.15) is 0 Å². The van der Waals surface area contributed by atoms with Crippen LogP contribution < -0.4 is 9.03 Å². The first kappa shape index (κ1) is 22.4. The van der Waals surface area contributed by atoms with Crippen LogP contribution in [0.15, 0.2) is 53.4 Å². The van der Waals surface area contributed by atoms with Gasteiger partial charge >= 0.3 is 0 Å². The van der Waals surface area contributed by atoms with Crippen molar-refractivity contribution in [3.63, 3.8) is 0 Å². The number of carbonyl (C=O) groups is 1. The zero-order valence-electron chi connectivity index (χ0n) is 17.1. The van der Waals surface area contributed by atoms with Crippen LogP contribution in [0.2, 0.25) is 0 Å². The number of aryl methyl sites for hydroxylation is 1. The van der Waals surface area contributed by atoms with Gasteiger partial charge in [0, 0.05) is 19.0 Å². The normalized spacial score (nSPS) is 17.5. The van der Waals surface area contributed by atoms with E-state index >= 15 is 0 Å². The molecule has 0 aromatic heterocycles. The smallest absolute Gasteiger partial charge is 0.242 e. The van der Waals surface area contributed by atoms with Crippen LogP contribution in [0.1, 0.15) is 23.6 Å². The van der Waals surface area contributed by atoms with Crippen LogP contribution in [0, 0.1) is 6.92 Å². The average molecular weight is 452 g/mol. The Morgan fingerprint density at radius 1 is 1.13 bits per heavy atom. The van der Waals surface area contributed by atoms with Crippen LogP contribution in [-0.4, -0.2) is 54.0 Å². The summed E-state index contributed by atoms with van der Waals surface area (Å²) in [7, 11) is -3.99. The molecular formula is C20H25N3O5S2. The van der Waals surface area contributed by atoms with Crippen molar-refractivity contribution in [2.24, 2.45) is 0 Å². The lowest BCUT2D eigenvalue weighted by Crippen LogP contribution is -2.35. The first-order valence-corrected chi connectivity index (χ1v) is 12.5. The van der Waals surface area contributed by atoms with Crippen molar-refractivity contribution in [2.45, 2.75) is 24.3 Å². The molecule has 0 radical (unpaired) electrons. The van der Waals surface area contributed by atoms with Gasteiger partial charge in [0.25, 0.3) is 0 Å². The van der Waals surface area contributed by atoms with E-state index in [1.54, 1.807) is 6.92 Å². The van der Waals surface area contributed by atoms with Crippen molar-refractivity contribution in [1.29, 1.82) is 0 Å². The van der Waals surface area contributed by atoms with Crippen molar-refractivity contribution in [3.8, 4) is 0 Å². The molecule has 0 bridgehead atoms. The molecule has 0 spiro atoms. The van der Waals surface area contributed by atoms with E-state index in [2.05, 4.69) is 4.72 Å². The summed E-state index contributed by atoms with van der Waals surface area (Å²) in [5.41, 5.74) is 1.46. The standard InChI is InChI=1S/C20H25N3O5S2/c1-15-9-10-17(23-20(24)11-12-29(23,25)26)13-19(15)30(27,28)21-14-18(22(2)3)16-7-5-4-6-8-16/h4-10,13,18,21H,11-12,14H2,1-3H3. The molecule has 0 saturated carbocycles. The van der Waals surface area contributed by atoms with Crippen molar-refractivity contribution in [2.75, 3.05) is 30.7 Å². The zero-order chi connectivity index (χ0) is 22.1. The summed E-state index contributed by atoms with van der Waals surface area (Å²) < 4.78 is 53.8. The molecule has 1 amide bonds. The summed E-state index contributed by atoms with van der Waals surface area (Å²) in [5.74, 6) is -0.839. The molecule has 30 heavy (non-hydrogen) atoms. The molecule has 1 fully saturated rings. The number of amides is 1. The molecule has 2 aromatic rings. The summed E-state index contributed by atoms with van der Waals surface area (Å²) in [6.45, 7) is 1.75. The van der Waals surface area contributed by atoms with Gasteiger partial charge in [-0.1, -0.05) is 36.4 Å². The fourth-order valence-electron chi connectivity index (χ4n) is 3.41. The molecule has 1 saturated heterocycles. The lowest BCUT2D eigenvalue weighted by Gasteiger charge is -2.25. The third kappa shape index (κ3) is 4.56. The lowest BCUT2D eigenvalue weighted by atomic mass is 10.1. The molecule has 10 heteroatoms. The van der Waals surface area contributed by atoms with Gasteiger partial charge in [-0.25, -0.2) is 25.9 Å². The second-order valence-corrected chi connectivity index (χ2v) is 11.1. The third-order valence-electron chi connectivity index (χ3n) is 5.05. The number of nitrogens with zero attached hydrogens (tertiary/aromatic N) is 2. The van der Waals surface area contributed by atoms with E-state index in [0.717, 1.165) is 5.56 Å². The van der Waals surface area contributed by atoms with Crippen LogP contribution >= 0.6 is 0 Å². The van der Waals surface area contributed by atoms with E-state index < -0.39 is 26.0 Å². The van der Waals surface area contributed by atoms with Gasteiger partial charge in [0.2, 0.25) is 26.0 Å². The van der Waals surface area contributed by atoms with Gasteiger partial charge in [-0.15, -0.1) is 0 Å². The molecule has 1 aliphatic heterocycles. The highest BCUT2D eigenvalue weighted by molar-refractivity contribution is 7.94. The maximum atomic E-state index is 13.0. The van der Waals surface area contributed by atoms with E-state index in [4.69, 9.17) is 0 Å². The van der Waals surface area contributed by atoms with Crippen LogP contribution in [0.4, 0.5) is 5.69 Å². The maximum Gasteiger partial charge on any atom is 0.242 e. The number of anilines is 1. The minimum atomic E-state index is -3.94. The van der Waals surface area contributed by atoms with Crippen LogP contribution in [-0.2, 0) is 24.8 Å². The highest BCUT2D eigenvalue weighted by atomic mass is 32.2. The molecule has 3 rings (SSSR count). The van der Waals surface area contributed by atoms with Gasteiger partial charge in [-0.3, -0.25) is 4.79 Å². The van der Waals surface area contributed by atoms with E-state index in [1.807, 2.05) is 49.3 Å². The van der Waals surface area contributed by atoms with Crippen LogP contribution in [0.5, 0.6) is 0 Å². The highest BCUT2D eigenvalue weighted by Gasteiger charge is 2.37. The Morgan fingerprint density at radius 2 is 1.80 bits per heavy atom. The van der Waals surface area contributed by atoms with Crippen molar-refractivity contribution < 1.29 is 21.6 Å². The van der Waals surface area contributed by atoms with Crippen LogP contribution in [0.3, 0.4) is 0 Å². The minimum Gasteiger partial charge on any atom is -0.301 e. The molecule has 1 aliphatic rings. The number of sulfonamides is 2. The topological polar surface area (TPSA) is 104 Å². The summed E-state index contributed by atoms with van der Waals surface area (Å²) in [6, 6.07) is 13.5. The molecule has 1 heterocycles. The van der Waals surface area contributed by atoms with Gasteiger partial charge < -0.3 is 4.90 Å². The second kappa shape index (κ2) is 8.46. The SMILES string of the molecule is Cc1ccc(N2C(=O)CCS2(=O)=O)cc1S(=O)(=O)NCC(c1ccccc1)N(C)C. The molecule has 1 atom stereocenters. The third-order valence-corrected chi connectivity index (χ3v) is 8.31. The summed E-state index contributed by atoms with van der Waals surface area (Å²) >= 11 is 0. The number of nitrogens with one attached hydrogen (secondary N) is 1. The molecule has 8 nitrogen and oxygen atoms in total. The van der Waals surface area contributed by atoms with Crippen molar-refractivity contribution in [1.82, 2.24) is 9.62 Å². The van der Waals surface area contributed by atoms with E-state index in [9.17, 15) is 21.6 Å². The predicted molar refractivity (Wildman–Crippen MR) is 115 cm³/mol. The Bertz CT molecular complexity index is 1150. The summed E-state index contributed by atoms with van der Waals surface area (Å²) in [6.07, 6.45) is -0.113. The lowest BCUT2D eigenvalue weighted by molar-refractivity contribution is -0.116. The monoisotopic (exact) mass is 451 g/mol. The minimum absolute atomic E-state index is 0.0377. The first-order valence-electron chi connectivity index (χ1n) is 9.40. The average Bonchev–Trinajstić information content (AvgIpc) is 2.95. The van der Waals surface area contributed by atoms with E-state index in [0.29, 0.717) is 9.87 Å². The molecule has 2 aromatic carbocycles. The quantitative estimate of drug-likeness (QED) is 0.686. The molecule has 162 valence electrons. The second-order valence-electron chi connectivity index (χ2n) is 7.42. The molecular weight excluding hydrogens is 426 g/mol. The summed E-state index contributed by atoms with van der Waals surface area (Å²) in [5, 5.41) is 0. The maximum absolute atomic E-state index is 13.0. The van der Waals surface area contributed by atoms with Gasteiger partial charge in [0.15, 0.2) is 0 Å². The number of carbonyl (C=O) groups excluding carboxylic acids is 1. The van der Waals surface area contributed by atoms with Crippen LogP contribution in [0.25, 0.3) is 0 Å². The van der Waals surface area contributed by atoms with E-state index in [-0.39, 0.29) is 35.3 Å². The zero-order valence-corrected chi connectivity index (χ0v) is 18.7. The Hall–Kier alpha value is -2.27. The molecule has 1 N–H and O–H groups in total. The number of hydrogen-bond acceptors (Lipinski definition) is 6. The summed E-state index contributed by atoms with van der Waals surface area (Å²) in [4.78, 5) is 13.9. The van der Waals surface area contributed by atoms with Gasteiger partial charge in [-0.05, 0) is 44.3 Å². The van der Waals surface area contributed by atoms with Gasteiger partial charge in [-0.2, -0.15) is 0 Å². The largest absolute Gasteiger partial charge is 0.301 e. The Balaban J connectivity index is 1.90.